The summed E-state index contributed by atoms with van der Waals surface area (Å²) in [5.41, 5.74) is 3.30. The Morgan fingerprint density at radius 1 is 1.11 bits per heavy atom. The molecule has 1 aromatic heterocycles. The van der Waals surface area contributed by atoms with Gasteiger partial charge in [0.25, 0.3) is 0 Å². The molecule has 3 heterocycles. The van der Waals surface area contributed by atoms with Gasteiger partial charge in [0, 0.05) is 49.2 Å². The third-order valence-corrected chi connectivity index (χ3v) is 7.76. The van der Waals surface area contributed by atoms with E-state index in [0.29, 0.717) is 40.3 Å². The molecular weight excluding hydrogens is 514 g/mol. The largest absolute Gasteiger partial charge is 0.494 e. The van der Waals surface area contributed by atoms with Crippen LogP contribution in [0.4, 0.5) is 28.8 Å². The molecule has 3 N–H and O–H groups in total. The zero-order valence-electron chi connectivity index (χ0n) is 20.9. The average Bonchev–Trinajstić information content (AvgIpc) is 3.45. The van der Waals surface area contributed by atoms with Gasteiger partial charge in [-0.1, -0.05) is 29.8 Å². The number of hydrogen-bond acceptors (Lipinski definition) is 9. The van der Waals surface area contributed by atoms with Gasteiger partial charge in [0.2, 0.25) is 16.0 Å². The number of nitrogens with one attached hydrogen (secondary N) is 3. The third kappa shape index (κ3) is 5.74. The highest BCUT2D eigenvalue weighted by Gasteiger charge is 2.41. The van der Waals surface area contributed by atoms with Crippen molar-refractivity contribution >= 4 is 50.5 Å². The number of ether oxygens (including phenoxy) is 1. The molecule has 2 aliphatic heterocycles. The number of hydrogen-bond donors (Lipinski definition) is 3. The number of sulfonamides is 1. The van der Waals surface area contributed by atoms with E-state index in [2.05, 4.69) is 48.2 Å². The van der Waals surface area contributed by atoms with E-state index >= 15 is 0 Å². The minimum atomic E-state index is -3.34. The topological polar surface area (TPSA) is 112 Å². The van der Waals surface area contributed by atoms with Crippen molar-refractivity contribution in [2.75, 3.05) is 49.0 Å². The van der Waals surface area contributed by atoms with E-state index in [9.17, 15) is 8.42 Å². The van der Waals surface area contributed by atoms with Crippen LogP contribution in [0.3, 0.4) is 0 Å². The van der Waals surface area contributed by atoms with Gasteiger partial charge >= 0.3 is 0 Å². The summed E-state index contributed by atoms with van der Waals surface area (Å²) in [5, 5.41) is 6.75. The number of para-hydroxylation sites is 1. The minimum Gasteiger partial charge on any atom is -0.494 e. The van der Waals surface area contributed by atoms with Crippen LogP contribution in [0.1, 0.15) is 12.0 Å². The second-order valence-electron chi connectivity index (χ2n) is 9.41. The molecule has 0 amide bonds. The van der Waals surface area contributed by atoms with E-state index in [4.69, 9.17) is 16.3 Å². The highest BCUT2D eigenvalue weighted by molar-refractivity contribution is 7.88. The first-order valence-electron chi connectivity index (χ1n) is 11.9. The first-order valence-corrected chi connectivity index (χ1v) is 14.2. The Kier molecular flexibility index (Phi) is 7.13. The predicted octanol–water partition coefficient (Wildman–Crippen LogP) is 3.57. The lowest BCUT2D eigenvalue weighted by Gasteiger charge is -2.34. The molecule has 10 nitrogen and oxygen atoms in total. The number of anilines is 5. The van der Waals surface area contributed by atoms with E-state index in [0.717, 1.165) is 36.3 Å². The summed E-state index contributed by atoms with van der Waals surface area (Å²) < 4.78 is 31.3. The third-order valence-electron chi connectivity index (χ3n) is 6.82. The molecule has 12 heteroatoms. The number of fused-ring (bicyclic) bond motifs is 2. The van der Waals surface area contributed by atoms with Gasteiger partial charge in [0.15, 0.2) is 5.82 Å². The predicted molar refractivity (Wildman–Crippen MR) is 147 cm³/mol. The lowest BCUT2D eigenvalue weighted by Crippen LogP contribution is -2.44. The Hall–Kier alpha value is -3.12. The lowest BCUT2D eigenvalue weighted by molar-refractivity contribution is 0.292. The number of aromatic nitrogens is 2. The Morgan fingerprint density at radius 2 is 1.92 bits per heavy atom. The molecule has 0 spiro atoms. The van der Waals surface area contributed by atoms with Crippen LogP contribution in [0.25, 0.3) is 0 Å². The maximum absolute atomic E-state index is 11.5. The van der Waals surface area contributed by atoms with Crippen molar-refractivity contribution in [3.05, 3.63) is 59.2 Å². The van der Waals surface area contributed by atoms with Crippen molar-refractivity contribution in [2.45, 2.75) is 25.0 Å². The van der Waals surface area contributed by atoms with E-state index < -0.39 is 10.0 Å². The molecule has 2 aromatic carbocycles. The molecule has 0 aliphatic carbocycles. The van der Waals surface area contributed by atoms with Crippen LogP contribution >= 0.6 is 11.6 Å². The van der Waals surface area contributed by atoms with E-state index in [1.54, 1.807) is 7.11 Å². The molecule has 0 unspecified atom stereocenters. The summed E-state index contributed by atoms with van der Waals surface area (Å²) in [5.74, 6) is 1.42. The summed E-state index contributed by atoms with van der Waals surface area (Å²) in [6, 6.07) is 14.6. The van der Waals surface area contributed by atoms with E-state index in [-0.39, 0.29) is 6.54 Å². The summed E-state index contributed by atoms with van der Waals surface area (Å²) >= 11 is 6.38. The highest BCUT2D eigenvalue weighted by Crippen LogP contribution is 2.38. The van der Waals surface area contributed by atoms with Crippen LogP contribution < -0.4 is 25.0 Å². The number of methoxy groups -OCH3 is 1. The second kappa shape index (κ2) is 10.3. The van der Waals surface area contributed by atoms with Gasteiger partial charge in [-0.25, -0.2) is 18.1 Å². The van der Waals surface area contributed by atoms with Crippen molar-refractivity contribution in [1.29, 1.82) is 0 Å². The summed E-state index contributed by atoms with van der Waals surface area (Å²) in [6.45, 7) is 2.23. The van der Waals surface area contributed by atoms with Crippen LogP contribution in [0.15, 0.2) is 48.7 Å². The van der Waals surface area contributed by atoms with Gasteiger partial charge in [-0.05, 0) is 37.2 Å². The Bertz CT molecular complexity index is 1400. The molecule has 196 valence electrons. The molecule has 0 radical (unpaired) electrons. The molecule has 2 atom stereocenters. The van der Waals surface area contributed by atoms with Gasteiger partial charge in [0.05, 0.1) is 25.2 Å². The van der Waals surface area contributed by atoms with Crippen molar-refractivity contribution in [1.82, 2.24) is 19.6 Å². The molecule has 37 heavy (non-hydrogen) atoms. The van der Waals surface area contributed by atoms with Gasteiger partial charge in [-0.2, -0.15) is 4.98 Å². The first kappa shape index (κ1) is 25.5. The summed E-state index contributed by atoms with van der Waals surface area (Å²) in [6.07, 6.45) is 3.83. The quantitative estimate of drug-likeness (QED) is 0.373. The monoisotopic (exact) mass is 543 g/mol. The van der Waals surface area contributed by atoms with Crippen LogP contribution in [0.2, 0.25) is 5.02 Å². The summed E-state index contributed by atoms with van der Waals surface area (Å²) in [4.78, 5) is 13.8. The van der Waals surface area contributed by atoms with Gasteiger partial charge in [-0.3, -0.25) is 4.90 Å². The summed E-state index contributed by atoms with van der Waals surface area (Å²) in [7, 11) is 0.496. The van der Waals surface area contributed by atoms with Crippen molar-refractivity contribution in [3.63, 3.8) is 0 Å². The standard InChI is InChI=1S/C25H30ClN7O3S/c1-32-14-19-10-18(32)15-33(19)17-8-9-22(23(11-17)36-2)30-25-27-13-20(26)24(31-25)29-21-7-5-4-6-16(21)12-28-37(3,34)35/h4-9,11,13,18-19,28H,10,12,14-15H2,1-3H3,(H2,27,29,30,31)/t18-,19-/m0/s1. The van der Waals surface area contributed by atoms with Crippen LogP contribution in [-0.2, 0) is 16.6 Å². The van der Waals surface area contributed by atoms with E-state index in [1.807, 2.05) is 36.4 Å². The molecule has 3 aromatic rings. The molecule has 2 aliphatic rings. The van der Waals surface area contributed by atoms with Crippen LogP contribution in [-0.4, -0.2) is 68.9 Å². The molecule has 2 saturated heterocycles. The van der Waals surface area contributed by atoms with Crippen molar-refractivity contribution in [2.24, 2.45) is 0 Å². The fraction of sp³-hybridized carbons (Fsp3) is 0.360. The molecule has 2 bridgehead atoms. The fourth-order valence-corrected chi connectivity index (χ4v) is 5.47. The maximum Gasteiger partial charge on any atom is 0.229 e. The van der Waals surface area contributed by atoms with Crippen molar-refractivity contribution in [3.8, 4) is 5.75 Å². The van der Waals surface area contributed by atoms with E-state index in [1.165, 1.54) is 12.6 Å². The number of benzene rings is 2. The smallest absolute Gasteiger partial charge is 0.229 e. The lowest BCUT2D eigenvalue weighted by atomic mass is 10.2. The molecule has 0 saturated carbocycles. The number of piperazine rings is 1. The van der Waals surface area contributed by atoms with Crippen LogP contribution in [0.5, 0.6) is 5.75 Å². The second-order valence-corrected chi connectivity index (χ2v) is 11.7. The maximum atomic E-state index is 11.5. The Morgan fingerprint density at radius 3 is 2.62 bits per heavy atom. The molecule has 2 fully saturated rings. The Balaban J connectivity index is 1.34. The van der Waals surface area contributed by atoms with Gasteiger partial charge in [0.1, 0.15) is 10.8 Å². The zero-order valence-corrected chi connectivity index (χ0v) is 22.5. The number of halogens is 1. The average molecular weight is 544 g/mol. The van der Waals surface area contributed by atoms with Crippen molar-refractivity contribution < 1.29 is 13.2 Å². The minimum absolute atomic E-state index is 0.133. The number of nitrogens with zero attached hydrogens (tertiary/aromatic N) is 4. The van der Waals surface area contributed by atoms with Gasteiger partial charge < -0.3 is 20.3 Å². The Labute approximate surface area is 222 Å². The zero-order chi connectivity index (χ0) is 26.2. The molecule has 5 rings (SSSR count). The molecular formula is C25H30ClN7O3S. The van der Waals surface area contributed by atoms with Gasteiger partial charge in [-0.15, -0.1) is 0 Å². The number of rotatable bonds is 9. The fourth-order valence-electron chi connectivity index (χ4n) is 4.91. The van der Waals surface area contributed by atoms with Crippen LogP contribution in [0, 0.1) is 0 Å². The first-order chi connectivity index (χ1) is 17.7. The number of likely N-dealkylation sites (tertiary alicyclic amines) is 1. The normalized spacial score (nSPS) is 19.3. The SMILES string of the molecule is COc1cc(N2C[C@@H]3C[C@H]2CN3C)ccc1Nc1ncc(Cl)c(Nc2ccccc2CNS(C)(=O)=O)n1. The number of likely N-dealkylation sites (N-methyl/N-ethyl adjacent to an activating group) is 1. The highest BCUT2D eigenvalue weighted by atomic mass is 35.5.